The van der Waals surface area contributed by atoms with Crippen molar-refractivity contribution in [3.05, 3.63) is 69.4 Å². The van der Waals surface area contributed by atoms with Gasteiger partial charge in [-0.15, -0.1) is 0 Å². The van der Waals surface area contributed by atoms with Crippen LogP contribution in [0.4, 0.5) is 4.39 Å². The number of halogens is 2. The van der Waals surface area contributed by atoms with Crippen LogP contribution >= 0.6 is 15.9 Å². The summed E-state index contributed by atoms with van der Waals surface area (Å²) < 4.78 is 13.9. The SMILES string of the molecule is CNCC(Cc1ccc(F)c(Br)c1)Cc1ccccc1C. The van der Waals surface area contributed by atoms with E-state index in [0.717, 1.165) is 24.9 Å². The lowest BCUT2D eigenvalue weighted by Crippen LogP contribution is -2.23. The van der Waals surface area contributed by atoms with E-state index in [1.54, 1.807) is 0 Å². The van der Waals surface area contributed by atoms with Crippen LogP contribution in [0.15, 0.2) is 46.9 Å². The van der Waals surface area contributed by atoms with Gasteiger partial charge in [0.05, 0.1) is 4.47 Å². The molecule has 3 heteroatoms. The largest absolute Gasteiger partial charge is 0.319 e. The van der Waals surface area contributed by atoms with Crippen molar-refractivity contribution in [1.29, 1.82) is 0 Å². The molecule has 1 N–H and O–H groups in total. The Morgan fingerprint density at radius 2 is 1.90 bits per heavy atom. The van der Waals surface area contributed by atoms with Gasteiger partial charge in [-0.1, -0.05) is 30.3 Å². The molecule has 0 aliphatic heterocycles. The third kappa shape index (κ3) is 4.65. The summed E-state index contributed by atoms with van der Waals surface area (Å²) in [5.74, 6) is 0.288. The summed E-state index contributed by atoms with van der Waals surface area (Å²) in [6.07, 6.45) is 1.97. The summed E-state index contributed by atoms with van der Waals surface area (Å²) in [5, 5.41) is 3.27. The molecule has 0 aliphatic carbocycles. The van der Waals surface area contributed by atoms with E-state index in [1.807, 2.05) is 19.2 Å². The molecule has 0 heterocycles. The molecule has 1 unspecified atom stereocenters. The van der Waals surface area contributed by atoms with Gasteiger partial charge in [0, 0.05) is 0 Å². The van der Waals surface area contributed by atoms with E-state index in [4.69, 9.17) is 0 Å². The fraction of sp³-hybridized carbons (Fsp3) is 0.333. The predicted molar refractivity (Wildman–Crippen MR) is 90.1 cm³/mol. The third-order valence-electron chi connectivity index (χ3n) is 3.77. The van der Waals surface area contributed by atoms with Gasteiger partial charge in [0.1, 0.15) is 5.82 Å². The second kappa shape index (κ2) is 7.71. The molecule has 0 saturated heterocycles. The fourth-order valence-electron chi connectivity index (χ4n) is 2.66. The minimum Gasteiger partial charge on any atom is -0.319 e. The Morgan fingerprint density at radius 1 is 1.14 bits per heavy atom. The first kappa shape index (κ1) is 16.2. The van der Waals surface area contributed by atoms with Crippen LogP contribution in [-0.4, -0.2) is 13.6 Å². The highest BCUT2D eigenvalue weighted by atomic mass is 79.9. The second-order valence-corrected chi connectivity index (χ2v) is 6.36. The maximum absolute atomic E-state index is 13.3. The molecule has 2 rings (SSSR count). The molecule has 0 amide bonds. The zero-order valence-electron chi connectivity index (χ0n) is 12.5. The van der Waals surface area contributed by atoms with Crippen LogP contribution in [-0.2, 0) is 12.8 Å². The van der Waals surface area contributed by atoms with Gasteiger partial charge in [0.15, 0.2) is 0 Å². The monoisotopic (exact) mass is 349 g/mol. The number of rotatable bonds is 6. The van der Waals surface area contributed by atoms with Crippen LogP contribution in [0.1, 0.15) is 16.7 Å². The lowest BCUT2D eigenvalue weighted by Gasteiger charge is -2.18. The Hall–Kier alpha value is -1.19. The molecule has 0 radical (unpaired) electrons. The molecule has 2 aromatic carbocycles. The normalized spacial score (nSPS) is 12.4. The van der Waals surface area contributed by atoms with Crippen molar-refractivity contribution in [2.45, 2.75) is 19.8 Å². The van der Waals surface area contributed by atoms with Crippen molar-refractivity contribution >= 4 is 15.9 Å². The van der Waals surface area contributed by atoms with Gasteiger partial charge in [0.25, 0.3) is 0 Å². The first-order valence-electron chi connectivity index (χ1n) is 7.23. The van der Waals surface area contributed by atoms with E-state index in [9.17, 15) is 4.39 Å². The van der Waals surface area contributed by atoms with Crippen LogP contribution in [0, 0.1) is 18.7 Å². The Kier molecular flexibility index (Phi) is 5.95. The van der Waals surface area contributed by atoms with E-state index < -0.39 is 0 Å². The molecule has 0 aliphatic rings. The molecule has 2 aromatic rings. The minimum absolute atomic E-state index is 0.206. The van der Waals surface area contributed by atoms with Crippen LogP contribution in [0.5, 0.6) is 0 Å². The summed E-state index contributed by atoms with van der Waals surface area (Å²) >= 11 is 3.26. The molecular formula is C18H21BrFN. The molecule has 21 heavy (non-hydrogen) atoms. The Balaban J connectivity index is 2.11. The number of hydrogen-bond acceptors (Lipinski definition) is 1. The summed E-state index contributed by atoms with van der Waals surface area (Å²) in [6.45, 7) is 3.10. The van der Waals surface area contributed by atoms with Crippen molar-refractivity contribution in [2.24, 2.45) is 5.92 Å². The smallest absolute Gasteiger partial charge is 0.137 e. The number of hydrogen-bond donors (Lipinski definition) is 1. The van der Waals surface area contributed by atoms with Crippen molar-refractivity contribution in [2.75, 3.05) is 13.6 Å². The molecule has 112 valence electrons. The predicted octanol–water partition coefficient (Wildman–Crippen LogP) is 4.52. The quantitative estimate of drug-likeness (QED) is 0.808. The van der Waals surface area contributed by atoms with Crippen LogP contribution in [0.2, 0.25) is 0 Å². The molecular weight excluding hydrogens is 329 g/mol. The summed E-state index contributed by atoms with van der Waals surface area (Å²) in [7, 11) is 1.98. The highest BCUT2D eigenvalue weighted by molar-refractivity contribution is 9.10. The Morgan fingerprint density at radius 3 is 2.57 bits per heavy atom. The van der Waals surface area contributed by atoms with Crippen molar-refractivity contribution < 1.29 is 4.39 Å². The number of benzene rings is 2. The molecule has 0 fully saturated rings. The molecule has 1 nitrogen and oxygen atoms in total. The first-order valence-corrected chi connectivity index (χ1v) is 8.02. The van der Waals surface area contributed by atoms with Gasteiger partial charge >= 0.3 is 0 Å². The van der Waals surface area contributed by atoms with Crippen molar-refractivity contribution in [3.63, 3.8) is 0 Å². The summed E-state index contributed by atoms with van der Waals surface area (Å²) in [6, 6.07) is 13.8. The molecule has 0 saturated carbocycles. The van der Waals surface area contributed by atoms with Gasteiger partial charge in [-0.05, 0) is 84.0 Å². The van der Waals surface area contributed by atoms with Crippen molar-refractivity contribution in [3.8, 4) is 0 Å². The highest BCUT2D eigenvalue weighted by Crippen LogP contribution is 2.21. The maximum Gasteiger partial charge on any atom is 0.137 e. The first-order chi connectivity index (χ1) is 10.1. The Labute approximate surface area is 134 Å². The summed E-state index contributed by atoms with van der Waals surface area (Å²) in [5.41, 5.74) is 3.88. The van der Waals surface area contributed by atoms with E-state index in [0.29, 0.717) is 10.4 Å². The molecule has 0 bridgehead atoms. The lowest BCUT2D eigenvalue weighted by molar-refractivity contribution is 0.491. The third-order valence-corrected chi connectivity index (χ3v) is 4.38. The van der Waals surface area contributed by atoms with Gasteiger partial charge in [0.2, 0.25) is 0 Å². The maximum atomic E-state index is 13.3. The lowest BCUT2D eigenvalue weighted by atomic mass is 9.91. The van der Waals surface area contributed by atoms with Gasteiger partial charge in [-0.2, -0.15) is 0 Å². The van der Waals surface area contributed by atoms with Crippen LogP contribution < -0.4 is 5.32 Å². The average Bonchev–Trinajstić information content (AvgIpc) is 2.46. The van der Waals surface area contributed by atoms with Crippen molar-refractivity contribution in [1.82, 2.24) is 5.32 Å². The van der Waals surface area contributed by atoms with E-state index in [-0.39, 0.29) is 5.82 Å². The molecule has 0 spiro atoms. The van der Waals surface area contributed by atoms with E-state index in [2.05, 4.69) is 52.4 Å². The molecule has 1 atom stereocenters. The number of aryl methyl sites for hydroxylation is 1. The van der Waals surface area contributed by atoms with Gasteiger partial charge in [-0.25, -0.2) is 4.39 Å². The zero-order valence-corrected chi connectivity index (χ0v) is 14.1. The second-order valence-electron chi connectivity index (χ2n) is 5.51. The number of nitrogens with one attached hydrogen (secondary N) is 1. The van der Waals surface area contributed by atoms with E-state index >= 15 is 0 Å². The zero-order chi connectivity index (χ0) is 15.2. The average molecular weight is 350 g/mol. The summed E-state index contributed by atoms with van der Waals surface area (Å²) in [4.78, 5) is 0. The van der Waals surface area contributed by atoms with Crippen LogP contribution in [0.25, 0.3) is 0 Å². The van der Waals surface area contributed by atoms with E-state index in [1.165, 1.54) is 17.2 Å². The molecule has 0 aromatic heterocycles. The van der Waals surface area contributed by atoms with Gasteiger partial charge in [-0.3, -0.25) is 0 Å². The fourth-order valence-corrected chi connectivity index (χ4v) is 3.08. The standard InChI is InChI=1S/C18H21BrFN/c1-13-5-3-4-6-16(13)10-15(12-21-2)9-14-7-8-18(20)17(19)11-14/h3-8,11,15,21H,9-10,12H2,1-2H3. The Bertz CT molecular complexity index is 598. The van der Waals surface area contributed by atoms with Gasteiger partial charge < -0.3 is 5.32 Å². The van der Waals surface area contributed by atoms with Crippen LogP contribution in [0.3, 0.4) is 0 Å². The topological polar surface area (TPSA) is 12.0 Å². The highest BCUT2D eigenvalue weighted by Gasteiger charge is 2.12. The minimum atomic E-state index is -0.206.